The second-order valence-corrected chi connectivity index (χ2v) is 11.9. The molecule has 2 nitrogen and oxygen atoms in total. The number of rotatable bonds is 5. The van der Waals surface area contributed by atoms with Gasteiger partial charge in [-0.25, -0.2) is 4.99 Å². The van der Waals surface area contributed by atoms with Gasteiger partial charge in [0, 0.05) is 15.8 Å². The number of aliphatic imine (C=N–C) groups is 2. The maximum atomic E-state index is 5.23. The van der Waals surface area contributed by atoms with Crippen LogP contribution in [0.4, 0.5) is 0 Å². The minimum absolute atomic E-state index is 0.00742. The van der Waals surface area contributed by atoms with Crippen LogP contribution in [-0.2, 0) is 18.3 Å². The van der Waals surface area contributed by atoms with Crippen LogP contribution in [0.1, 0.15) is 74.4 Å². The van der Waals surface area contributed by atoms with Gasteiger partial charge in [0.15, 0.2) is 5.84 Å². The number of allylic oxidation sites excluding steroid dienone is 7. The molecule has 2 aromatic carbocycles. The molecule has 3 heteroatoms. The summed E-state index contributed by atoms with van der Waals surface area (Å²) in [5, 5.41) is 0. The Bertz CT molecular complexity index is 1480. The third kappa shape index (κ3) is 7.04. The zero-order valence-electron chi connectivity index (χ0n) is 24.1. The van der Waals surface area contributed by atoms with Crippen LogP contribution < -0.4 is 0 Å². The fourth-order valence-electron chi connectivity index (χ4n) is 5.12. The molecular weight excluding hydrogens is 540 g/mol. The average Bonchev–Trinajstić information content (AvgIpc) is 3.19. The molecule has 2 aromatic rings. The van der Waals surface area contributed by atoms with E-state index < -0.39 is 0 Å². The number of hydrogen-bond donors (Lipinski definition) is 0. The number of fused-ring (bicyclic) bond motifs is 1. The Morgan fingerprint density at radius 3 is 2.77 bits per heavy atom. The number of hydrogen-bond acceptors (Lipinski definition) is 1. The summed E-state index contributed by atoms with van der Waals surface area (Å²) in [5.41, 5.74) is 12.8. The van der Waals surface area contributed by atoms with Gasteiger partial charge in [0.1, 0.15) is 0 Å². The first-order valence-electron chi connectivity index (χ1n) is 13.9. The van der Waals surface area contributed by atoms with Crippen LogP contribution in [-0.4, -0.2) is 17.6 Å². The predicted octanol–water partition coefficient (Wildman–Crippen LogP) is 9.47. The molecule has 2 aliphatic carbocycles. The highest BCUT2D eigenvalue weighted by Gasteiger charge is 2.24. The SMILES string of the molecule is CCc1cccc(C(=N/C(C)C2=CC=CC=C=C2)/N=C(\C)c2ccc3c(c2)C(C)(C)C/C=C(Br)\C=C/C3)c1C. The maximum absolute atomic E-state index is 5.23. The fraction of sp³-hybridized carbons (Fsp3) is 0.306. The van der Waals surface area contributed by atoms with Gasteiger partial charge < -0.3 is 0 Å². The molecule has 0 fully saturated rings. The molecule has 0 amide bonds. The van der Waals surface area contributed by atoms with Crippen molar-refractivity contribution in [3.8, 4) is 0 Å². The summed E-state index contributed by atoms with van der Waals surface area (Å²) in [6.45, 7) is 13.3. The van der Waals surface area contributed by atoms with Crippen LogP contribution in [0.25, 0.3) is 0 Å². The van der Waals surface area contributed by atoms with Gasteiger partial charge in [-0.2, -0.15) is 0 Å². The zero-order valence-corrected chi connectivity index (χ0v) is 25.6. The summed E-state index contributed by atoms with van der Waals surface area (Å²) in [4.78, 5) is 10.4. The lowest BCUT2D eigenvalue weighted by atomic mass is 9.77. The van der Waals surface area contributed by atoms with Gasteiger partial charge in [-0.1, -0.05) is 103 Å². The van der Waals surface area contributed by atoms with Gasteiger partial charge in [0.05, 0.1) is 6.04 Å². The molecule has 39 heavy (non-hydrogen) atoms. The van der Waals surface area contributed by atoms with Gasteiger partial charge in [-0.3, -0.25) is 4.99 Å². The Morgan fingerprint density at radius 1 is 1.15 bits per heavy atom. The van der Waals surface area contributed by atoms with Crippen LogP contribution in [0, 0.1) is 6.92 Å². The Hall–Kier alpha value is -3.26. The Morgan fingerprint density at radius 2 is 1.97 bits per heavy atom. The zero-order chi connectivity index (χ0) is 28.0. The molecule has 200 valence electrons. The van der Waals surface area contributed by atoms with Crippen molar-refractivity contribution in [1.29, 1.82) is 0 Å². The first-order valence-corrected chi connectivity index (χ1v) is 14.7. The van der Waals surface area contributed by atoms with Gasteiger partial charge in [0.2, 0.25) is 0 Å². The first-order chi connectivity index (χ1) is 18.7. The van der Waals surface area contributed by atoms with E-state index in [0.29, 0.717) is 0 Å². The van der Waals surface area contributed by atoms with E-state index in [0.717, 1.165) is 52.0 Å². The molecular formula is C36H39BrN2. The molecule has 4 rings (SSSR count). The van der Waals surface area contributed by atoms with E-state index in [1.54, 1.807) is 0 Å². The Balaban J connectivity index is 1.81. The van der Waals surface area contributed by atoms with E-state index in [1.807, 2.05) is 24.3 Å². The second-order valence-electron chi connectivity index (χ2n) is 11.0. The third-order valence-corrected chi connectivity index (χ3v) is 8.25. The van der Waals surface area contributed by atoms with E-state index in [4.69, 9.17) is 9.98 Å². The summed E-state index contributed by atoms with van der Waals surface area (Å²) >= 11 is 3.69. The summed E-state index contributed by atoms with van der Waals surface area (Å²) in [5.74, 6) is 0.775. The lowest BCUT2D eigenvalue weighted by Gasteiger charge is -2.27. The minimum atomic E-state index is -0.0552. The highest BCUT2D eigenvalue weighted by molar-refractivity contribution is 9.11. The molecule has 0 saturated heterocycles. The van der Waals surface area contributed by atoms with Crippen LogP contribution in [0.3, 0.4) is 0 Å². The Kier molecular flexibility index (Phi) is 9.38. The van der Waals surface area contributed by atoms with E-state index in [-0.39, 0.29) is 11.5 Å². The molecule has 0 spiro atoms. The van der Waals surface area contributed by atoms with Crippen molar-refractivity contribution < 1.29 is 0 Å². The number of aryl methyl sites for hydroxylation is 1. The van der Waals surface area contributed by atoms with Crippen LogP contribution in [0.5, 0.6) is 0 Å². The standard InChI is InChI=1S/C36H39BrN2/c1-7-28-16-13-19-33(25(28)2)35(38-26(3)29-14-10-8-9-11-15-29)39-27(4)31-21-20-30-17-12-18-32(37)22-23-36(5,6)34(30)24-31/h8-10,12-16,18-22,24,26H,7,17,23H2,1-6H3/b18-12-,32-22+,38-35-,39-27+. The lowest BCUT2D eigenvalue weighted by Crippen LogP contribution is -2.19. The molecule has 0 N–H and O–H groups in total. The molecule has 0 heterocycles. The van der Waals surface area contributed by atoms with E-state index in [2.05, 4.69) is 124 Å². The smallest absolute Gasteiger partial charge is 0.155 e. The summed E-state index contributed by atoms with van der Waals surface area (Å²) in [7, 11) is 0. The normalized spacial score (nSPS) is 20.1. The summed E-state index contributed by atoms with van der Waals surface area (Å²) in [6, 6.07) is 13.2. The number of nitrogens with zero attached hydrogens (tertiary/aromatic N) is 2. The van der Waals surface area contributed by atoms with E-state index in [9.17, 15) is 0 Å². The third-order valence-electron chi connectivity index (χ3n) is 7.66. The van der Waals surface area contributed by atoms with Crippen molar-refractivity contribution in [2.75, 3.05) is 0 Å². The van der Waals surface area contributed by atoms with Crippen LogP contribution in [0.2, 0.25) is 0 Å². The first kappa shape index (κ1) is 28.7. The summed E-state index contributed by atoms with van der Waals surface area (Å²) < 4.78 is 1.14. The van der Waals surface area contributed by atoms with Crippen molar-refractivity contribution in [1.82, 2.24) is 0 Å². The van der Waals surface area contributed by atoms with Gasteiger partial charge >= 0.3 is 0 Å². The monoisotopic (exact) mass is 578 g/mol. The maximum Gasteiger partial charge on any atom is 0.155 e. The second kappa shape index (κ2) is 12.7. The highest BCUT2D eigenvalue weighted by atomic mass is 79.9. The molecule has 0 radical (unpaired) electrons. The van der Waals surface area contributed by atoms with Crippen molar-refractivity contribution in [2.45, 2.75) is 72.3 Å². The quantitative estimate of drug-likeness (QED) is 0.192. The fourth-order valence-corrected chi connectivity index (χ4v) is 5.47. The number of halogens is 1. The van der Waals surface area contributed by atoms with Crippen molar-refractivity contribution in [3.63, 3.8) is 0 Å². The van der Waals surface area contributed by atoms with Crippen molar-refractivity contribution in [2.24, 2.45) is 9.98 Å². The van der Waals surface area contributed by atoms with Gasteiger partial charge in [-0.15, -0.1) is 5.73 Å². The average molecular weight is 580 g/mol. The lowest BCUT2D eigenvalue weighted by molar-refractivity contribution is 0.529. The largest absolute Gasteiger partial charge is 0.258 e. The van der Waals surface area contributed by atoms with E-state index in [1.165, 1.54) is 22.3 Å². The van der Waals surface area contributed by atoms with Crippen molar-refractivity contribution in [3.05, 3.63) is 134 Å². The highest BCUT2D eigenvalue weighted by Crippen LogP contribution is 2.34. The molecule has 1 unspecified atom stereocenters. The van der Waals surface area contributed by atoms with Crippen molar-refractivity contribution >= 4 is 27.5 Å². The topological polar surface area (TPSA) is 24.7 Å². The molecule has 0 saturated carbocycles. The van der Waals surface area contributed by atoms with Crippen LogP contribution >= 0.6 is 15.9 Å². The van der Waals surface area contributed by atoms with Gasteiger partial charge in [-0.05, 0) is 97.1 Å². The number of amidine groups is 1. The minimum Gasteiger partial charge on any atom is -0.258 e. The molecule has 0 aromatic heterocycles. The Labute approximate surface area is 243 Å². The molecule has 0 aliphatic heterocycles. The number of benzene rings is 2. The van der Waals surface area contributed by atoms with Gasteiger partial charge in [0.25, 0.3) is 0 Å². The molecule has 1 atom stereocenters. The molecule has 2 aliphatic rings. The predicted molar refractivity (Wildman–Crippen MR) is 173 cm³/mol. The van der Waals surface area contributed by atoms with E-state index >= 15 is 0 Å². The van der Waals surface area contributed by atoms with Crippen LogP contribution in [0.15, 0.2) is 111 Å². The summed E-state index contributed by atoms with van der Waals surface area (Å²) in [6.07, 6.45) is 19.6. The molecule has 0 bridgehead atoms.